The molecule has 0 atom stereocenters. The van der Waals surface area contributed by atoms with Gasteiger partial charge < -0.3 is 17.2 Å². The molecule has 0 aliphatic heterocycles. The van der Waals surface area contributed by atoms with Crippen molar-refractivity contribution in [1.82, 2.24) is 9.97 Å². The number of guanidine groups is 1. The van der Waals surface area contributed by atoms with Crippen LogP contribution in [0.15, 0.2) is 11.1 Å². The number of aliphatic imine (C=N–C) groups is 1. The van der Waals surface area contributed by atoms with Crippen molar-refractivity contribution in [1.29, 1.82) is 0 Å². The van der Waals surface area contributed by atoms with E-state index in [4.69, 9.17) is 17.2 Å². The van der Waals surface area contributed by atoms with Crippen LogP contribution in [-0.4, -0.2) is 15.9 Å². The van der Waals surface area contributed by atoms with Gasteiger partial charge in [0.15, 0.2) is 5.96 Å². The summed E-state index contributed by atoms with van der Waals surface area (Å²) in [7, 11) is 0. The molecule has 0 radical (unpaired) electrons. The zero-order chi connectivity index (χ0) is 9.14. The molecule has 1 heterocycles. The van der Waals surface area contributed by atoms with E-state index in [0.29, 0.717) is 0 Å². The molecule has 6 N–H and O–H groups in total. The molecule has 0 amide bonds. The van der Waals surface area contributed by atoms with Crippen LogP contribution < -0.4 is 17.2 Å². The van der Waals surface area contributed by atoms with Gasteiger partial charge in [-0.1, -0.05) is 0 Å². The molecule has 1 aromatic heterocycles. The van der Waals surface area contributed by atoms with Crippen molar-refractivity contribution in [3.05, 3.63) is 12.0 Å². The molecule has 0 unspecified atom stereocenters. The number of aromatic nitrogens is 2. The molecular weight excluding hydrogens is 163 g/mol. The van der Waals surface area contributed by atoms with Crippen LogP contribution in [0.3, 0.4) is 0 Å². The van der Waals surface area contributed by atoms with Crippen LogP contribution >= 0.6 is 0 Å². The van der Waals surface area contributed by atoms with Crippen LogP contribution in [-0.2, 0) is 0 Å². The summed E-state index contributed by atoms with van der Waals surface area (Å²) < 4.78 is 12.5. The second-order valence-corrected chi connectivity index (χ2v) is 1.95. The highest BCUT2D eigenvalue weighted by molar-refractivity contribution is 5.77. The second kappa shape index (κ2) is 2.99. The lowest BCUT2D eigenvalue weighted by Crippen LogP contribution is -2.22. The van der Waals surface area contributed by atoms with E-state index in [0.717, 1.165) is 6.07 Å². The minimum Gasteiger partial charge on any atom is -0.383 e. The third-order valence-corrected chi connectivity index (χ3v) is 0.932. The maximum absolute atomic E-state index is 12.5. The van der Waals surface area contributed by atoms with Crippen molar-refractivity contribution in [2.24, 2.45) is 16.5 Å². The quantitative estimate of drug-likeness (QED) is 0.287. The zero-order valence-electron chi connectivity index (χ0n) is 6.03. The Labute approximate surface area is 67.3 Å². The standard InChI is InChI=1S/C5H7FN6/c6-2-1-3(7)11-5(10-2)12-4(8)9/h1H,(H6,7,8,9,10,11,12). The van der Waals surface area contributed by atoms with Gasteiger partial charge in [0.05, 0.1) is 0 Å². The summed E-state index contributed by atoms with van der Waals surface area (Å²) in [6.07, 6.45) is 0. The molecule has 1 aromatic rings. The van der Waals surface area contributed by atoms with Crippen molar-refractivity contribution in [3.8, 4) is 0 Å². The zero-order valence-corrected chi connectivity index (χ0v) is 6.03. The molecular formula is C5H7FN6. The first kappa shape index (κ1) is 8.18. The monoisotopic (exact) mass is 170 g/mol. The lowest BCUT2D eigenvalue weighted by Gasteiger charge is -1.95. The Morgan fingerprint density at radius 1 is 1.42 bits per heavy atom. The minimum absolute atomic E-state index is 0.0255. The molecule has 64 valence electrons. The third kappa shape index (κ3) is 2.04. The first-order valence-electron chi connectivity index (χ1n) is 2.97. The summed E-state index contributed by atoms with van der Waals surface area (Å²) in [4.78, 5) is 10.2. The molecule has 7 heteroatoms. The Morgan fingerprint density at radius 2 is 2.08 bits per heavy atom. The van der Waals surface area contributed by atoms with Crippen LogP contribution in [0, 0.1) is 5.95 Å². The number of nitrogen functional groups attached to an aromatic ring is 1. The topological polar surface area (TPSA) is 116 Å². The molecule has 0 spiro atoms. The fraction of sp³-hybridized carbons (Fsp3) is 0. The van der Waals surface area contributed by atoms with E-state index in [1.165, 1.54) is 0 Å². The largest absolute Gasteiger partial charge is 0.383 e. The number of rotatable bonds is 1. The van der Waals surface area contributed by atoms with E-state index in [1.54, 1.807) is 0 Å². The van der Waals surface area contributed by atoms with Crippen molar-refractivity contribution in [3.63, 3.8) is 0 Å². The van der Waals surface area contributed by atoms with E-state index in [9.17, 15) is 4.39 Å². The Hall–Kier alpha value is -1.92. The molecule has 0 bridgehead atoms. The maximum atomic E-state index is 12.5. The second-order valence-electron chi connectivity index (χ2n) is 1.95. The number of anilines is 1. The summed E-state index contributed by atoms with van der Waals surface area (Å²) in [5, 5.41) is 0. The lowest BCUT2D eigenvalue weighted by atomic mass is 10.6. The first-order valence-corrected chi connectivity index (χ1v) is 2.97. The van der Waals surface area contributed by atoms with Crippen molar-refractivity contribution in [2.75, 3.05) is 5.73 Å². The van der Waals surface area contributed by atoms with Crippen molar-refractivity contribution in [2.45, 2.75) is 0 Å². The first-order chi connectivity index (χ1) is 5.58. The molecule has 0 saturated heterocycles. The van der Waals surface area contributed by atoms with Gasteiger partial charge in [-0.25, -0.2) is 0 Å². The maximum Gasteiger partial charge on any atom is 0.257 e. The Morgan fingerprint density at radius 3 is 2.58 bits per heavy atom. The van der Waals surface area contributed by atoms with Gasteiger partial charge in [-0.3, -0.25) is 0 Å². The van der Waals surface area contributed by atoms with Crippen LogP contribution in [0.2, 0.25) is 0 Å². The summed E-state index contributed by atoms with van der Waals surface area (Å²) in [5.74, 6) is -1.24. The minimum atomic E-state index is -0.775. The number of halogens is 1. The Balaban J connectivity index is 3.09. The van der Waals surface area contributed by atoms with Gasteiger partial charge in [0.25, 0.3) is 5.95 Å². The average molecular weight is 170 g/mol. The van der Waals surface area contributed by atoms with E-state index in [1.807, 2.05) is 0 Å². The van der Waals surface area contributed by atoms with Crippen molar-refractivity contribution < 1.29 is 4.39 Å². The van der Waals surface area contributed by atoms with E-state index >= 15 is 0 Å². The van der Waals surface area contributed by atoms with E-state index < -0.39 is 5.95 Å². The van der Waals surface area contributed by atoms with E-state index in [2.05, 4.69) is 15.0 Å². The van der Waals surface area contributed by atoms with Gasteiger partial charge in [-0.15, -0.1) is 0 Å². The van der Waals surface area contributed by atoms with E-state index in [-0.39, 0.29) is 17.7 Å². The molecule has 1 rings (SSSR count). The van der Waals surface area contributed by atoms with Crippen LogP contribution in [0.4, 0.5) is 16.2 Å². The fourth-order valence-corrected chi connectivity index (χ4v) is 0.588. The molecule has 0 aliphatic carbocycles. The number of nitrogens with zero attached hydrogens (tertiary/aromatic N) is 3. The van der Waals surface area contributed by atoms with Gasteiger partial charge in [-0.2, -0.15) is 19.4 Å². The third-order valence-electron chi connectivity index (χ3n) is 0.932. The van der Waals surface area contributed by atoms with Gasteiger partial charge in [0, 0.05) is 6.07 Å². The summed E-state index contributed by atoms with van der Waals surface area (Å²) >= 11 is 0. The number of hydrogen-bond acceptors (Lipinski definition) is 4. The van der Waals surface area contributed by atoms with Gasteiger partial charge >= 0.3 is 0 Å². The number of hydrogen-bond donors (Lipinski definition) is 3. The van der Waals surface area contributed by atoms with Gasteiger partial charge in [-0.05, 0) is 0 Å². The smallest absolute Gasteiger partial charge is 0.257 e. The highest BCUT2D eigenvalue weighted by Gasteiger charge is 1.99. The predicted octanol–water partition coefficient (Wildman–Crippen LogP) is -0.897. The highest BCUT2D eigenvalue weighted by Crippen LogP contribution is 2.07. The predicted molar refractivity (Wildman–Crippen MR) is 41.9 cm³/mol. The van der Waals surface area contributed by atoms with Crippen LogP contribution in [0.5, 0.6) is 0 Å². The van der Waals surface area contributed by atoms with Gasteiger partial charge in [0.2, 0.25) is 5.95 Å². The lowest BCUT2D eigenvalue weighted by molar-refractivity contribution is 0.582. The fourth-order valence-electron chi connectivity index (χ4n) is 0.588. The molecule has 0 aliphatic rings. The van der Waals surface area contributed by atoms with Crippen LogP contribution in [0.1, 0.15) is 0 Å². The Kier molecular flexibility index (Phi) is 2.04. The Bertz CT molecular complexity index is 297. The number of nitrogens with two attached hydrogens (primary N) is 3. The molecule has 0 fully saturated rings. The highest BCUT2D eigenvalue weighted by atomic mass is 19.1. The molecule has 6 nitrogen and oxygen atoms in total. The normalized spacial score (nSPS) is 9.42. The summed E-state index contributed by atoms with van der Waals surface area (Å²) in [6, 6.07) is 0.964. The molecule has 0 saturated carbocycles. The summed E-state index contributed by atoms with van der Waals surface area (Å²) in [5.41, 5.74) is 15.2. The van der Waals surface area contributed by atoms with Crippen molar-refractivity contribution >= 4 is 17.7 Å². The van der Waals surface area contributed by atoms with Gasteiger partial charge in [0.1, 0.15) is 5.82 Å². The summed E-state index contributed by atoms with van der Waals surface area (Å²) in [6.45, 7) is 0. The molecule has 0 aromatic carbocycles. The average Bonchev–Trinajstić information content (AvgIpc) is 1.81. The SMILES string of the molecule is NC(N)=Nc1nc(N)cc(F)n1. The van der Waals surface area contributed by atoms with Crippen LogP contribution in [0.25, 0.3) is 0 Å². The molecule has 12 heavy (non-hydrogen) atoms.